The van der Waals surface area contributed by atoms with Crippen LogP contribution in [0.1, 0.15) is 23.4 Å². The highest BCUT2D eigenvalue weighted by atomic mass is 16.5. The van der Waals surface area contributed by atoms with Gasteiger partial charge in [-0.05, 0) is 20.3 Å². The molecule has 1 rings (SSSR count). The van der Waals surface area contributed by atoms with Crippen molar-refractivity contribution in [3.63, 3.8) is 0 Å². The highest BCUT2D eigenvalue weighted by molar-refractivity contribution is 5.24. The molecule has 0 saturated heterocycles. The fraction of sp³-hybridized carbons (Fsp3) is 0.800. The van der Waals surface area contributed by atoms with E-state index in [2.05, 4.69) is 28.9 Å². The van der Waals surface area contributed by atoms with E-state index in [0.717, 1.165) is 45.0 Å². The minimum Gasteiger partial charge on any atom is -0.383 e. The second-order valence-corrected chi connectivity index (χ2v) is 5.00. The van der Waals surface area contributed by atoms with Crippen LogP contribution in [0.2, 0.25) is 0 Å². The van der Waals surface area contributed by atoms with Crippen LogP contribution in [0, 0.1) is 13.8 Å². The summed E-state index contributed by atoms with van der Waals surface area (Å²) in [4.78, 5) is 0. The van der Waals surface area contributed by atoms with Crippen molar-refractivity contribution in [2.24, 2.45) is 0 Å². The molecule has 21 heavy (non-hydrogen) atoms. The Hall–Kier alpha value is -0.950. The number of aromatic nitrogens is 2. The normalized spacial score (nSPS) is 11.2. The lowest BCUT2D eigenvalue weighted by Gasteiger charge is -2.07. The van der Waals surface area contributed by atoms with E-state index in [9.17, 15) is 0 Å². The van der Waals surface area contributed by atoms with Gasteiger partial charge < -0.3 is 19.5 Å². The van der Waals surface area contributed by atoms with Gasteiger partial charge in [0.05, 0.1) is 25.5 Å². The number of methoxy groups -OCH3 is 2. The average Bonchev–Trinajstić information content (AvgIpc) is 2.74. The van der Waals surface area contributed by atoms with Gasteiger partial charge in [0.15, 0.2) is 0 Å². The average molecular weight is 299 g/mol. The van der Waals surface area contributed by atoms with Crippen LogP contribution in [0.3, 0.4) is 0 Å². The largest absolute Gasteiger partial charge is 0.383 e. The molecule has 1 N–H and O–H groups in total. The maximum absolute atomic E-state index is 5.47. The lowest BCUT2D eigenvalue weighted by Crippen LogP contribution is -2.19. The van der Waals surface area contributed by atoms with Crippen LogP contribution in [0.5, 0.6) is 0 Å². The maximum Gasteiger partial charge on any atom is 0.0700 e. The summed E-state index contributed by atoms with van der Waals surface area (Å²) in [5.41, 5.74) is 3.61. The van der Waals surface area contributed by atoms with Gasteiger partial charge in [-0.25, -0.2) is 0 Å². The predicted molar refractivity (Wildman–Crippen MR) is 82.6 cm³/mol. The van der Waals surface area contributed by atoms with Gasteiger partial charge in [0.2, 0.25) is 0 Å². The van der Waals surface area contributed by atoms with Gasteiger partial charge in [0.25, 0.3) is 0 Å². The molecule has 0 amide bonds. The zero-order valence-corrected chi connectivity index (χ0v) is 13.8. The van der Waals surface area contributed by atoms with Gasteiger partial charge in [0, 0.05) is 51.7 Å². The lowest BCUT2D eigenvalue weighted by molar-refractivity contribution is 0.0676. The monoisotopic (exact) mass is 299 g/mol. The molecule has 0 aromatic carbocycles. The van der Waals surface area contributed by atoms with Crippen molar-refractivity contribution in [1.82, 2.24) is 15.1 Å². The van der Waals surface area contributed by atoms with E-state index in [0.29, 0.717) is 13.2 Å². The Morgan fingerprint density at radius 1 is 1.05 bits per heavy atom. The van der Waals surface area contributed by atoms with Gasteiger partial charge >= 0.3 is 0 Å². The van der Waals surface area contributed by atoms with E-state index >= 15 is 0 Å². The molecule has 122 valence electrons. The first kappa shape index (κ1) is 18.1. The molecule has 1 aromatic rings. The smallest absolute Gasteiger partial charge is 0.0700 e. The van der Waals surface area contributed by atoms with Crippen LogP contribution in [-0.4, -0.2) is 57.0 Å². The van der Waals surface area contributed by atoms with Crippen LogP contribution < -0.4 is 5.32 Å². The van der Waals surface area contributed by atoms with Gasteiger partial charge in [-0.3, -0.25) is 4.68 Å². The molecule has 0 saturated carbocycles. The molecule has 0 atom stereocenters. The van der Waals surface area contributed by atoms with Crippen molar-refractivity contribution >= 4 is 0 Å². The second kappa shape index (κ2) is 10.7. The van der Waals surface area contributed by atoms with Crippen molar-refractivity contribution in [2.45, 2.75) is 33.4 Å². The summed E-state index contributed by atoms with van der Waals surface area (Å²) in [6, 6.07) is 0. The summed E-state index contributed by atoms with van der Waals surface area (Å²) < 4.78 is 17.5. The Balaban J connectivity index is 2.34. The third kappa shape index (κ3) is 6.56. The summed E-state index contributed by atoms with van der Waals surface area (Å²) in [7, 11) is 3.40. The summed E-state index contributed by atoms with van der Waals surface area (Å²) >= 11 is 0. The van der Waals surface area contributed by atoms with E-state index in [4.69, 9.17) is 14.2 Å². The predicted octanol–water partition coefficient (Wildman–Crippen LogP) is 1.29. The Kier molecular flexibility index (Phi) is 9.25. The number of nitrogens with zero attached hydrogens (tertiary/aromatic N) is 2. The minimum absolute atomic E-state index is 0.650. The third-order valence-corrected chi connectivity index (χ3v) is 3.41. The molecule has 6 heteroatoms. The molecule has 0 fully saturated rings. The molecule has 0 unspecified atom stereocenters. The van der Waals surface area contributed by atoms with Crippen LogP contribution in [-0.2, 0) is 27.3 Å². The molecule has 1 heterocycles. The first-order valence-electron chi connectivity index (χ1n) is 7.50. The van der Waals surface area contributed by atoms with Crippen molar-refractivity contribution < 1.29 is 14.2 Å². The number of nitrogens with one attached hydrogen (secondary N) is 1. The number of ether oxygens (including phenoxy) is 3. The van der Waals surface area contributed by atoms with Crippen LogP contribution in [0.25, 0.3) is 0 Å². The van der Waals surface area contributed by atoms with Gasteiger partial charge in [-0.15, -0.1) is 0 Å². The minimum atomic E-state index is 0.650. The van der Waals surface area contributed by atoms with Gasteiger partial charge in [0.1, 0.15) is 0 Å². The summed E-state index contributed by atoms with van der Waals surface area (Å²) in [5.74, 6) is 0. The van der Waals surface area contributed by atoms with Gasteiger partial charge in [-0.1, -0.05) is 0 Å². The number of hydrogen-bond donors (Lipinski definition) is 1. The zero-order chi connectivity index (χ0) is 15.5. The first-order valence-corrected chi connectivity index (χ1v) is 7.50. The Morgan fingerprint density at radius 2 is 1.81 bits per heavy atom. The molecule has 1 aromatic heterocycles. The SMILES string of the molecule is COCCNCc1c(C)nn(CCCOCCOC)c1C. The topological polar surface area (TPSA) is 57.5 Å². The van der Waals surface area contributed by atoms with Crippen molar-refractivity contribution in [1.29, 1.82) is 0 Å². The van der Waals surface area contributed by atoms with E-state index < -0.39 is 0 Å². The molecule has 0 bridgehead atoms. The standard InChI is InChI=1S/C15H29N3O3/c1-13-15(12-16-6-9-19-3)14(2)18(17-13)7-5-8-21-11-10-20-4/h16H,5-12H2,1-4H3. The van der Waals surface area contributed by atoms with Gasteiger partial charge in [-0.2, -0.15) is 5.10 Å². The van der Waals surface area contributed by atoms with Crippen LogP contribution in [0.15, 0.2) is 0 Å². The number of aryl methyl sites for hydroxylation is 2. The summed E-state index contributed by atoms with van der Waals surface area (Å²) in [6.07, 6.45) is 0.961. The molecular formula is C15H29N3O3. The highest BCUT2D eigenvalue weighted by Crippen LogP contribution is 2.13. The van der Waals surface area contributed by atoms with Crippen molar-refractivity contribution in [3.8, 4) is 0 Å². The first-order chi connectivity index (χ1) is 10.2. The number of hydrogen-bond acceptors (Lipinski definition) is 5. The fourth-order valence-electron chi connectivity index (χ4n) is 2.16. The van der Waals surface area contributed by atoms with E-state index in [-0.39, 0.29) is 0 Å². The van der Waals surface area contributed by atoms with Crippen molar-refractivity contribution in [3.05, 3.63) is 17.0 Å². The Morgan fingerprint density at radius 3 is 2.52 bits per heavy atom. The van der Waals surface area contributed by atoms with Crippen LogP contribution >= 0.6 is 0 Å². The summed E-state index contributed by atoms with van der Waals surface area (Å²) in [6.45, 7) is 9.54. The van der Waals surface area contributed by atoms with E-state index in [1.807, 2.05) is 0 Å². The summed E-state index contributed by atoms with van der Waals surface area (Å²) in [5, 5.41) is 7.98. The highest BCUT2D eigenvalue weighted by Gasteiger charge is 2.10. The second-order valence-electron chi connectivity index (χ2n) is 5.00. The number of rotatable bonds is 12. The molecule has 0 aliphatic heterocycles. The fourth-order valence-corrected chi connectivity index (χ4v) is 2.16. The molecular weight excluding hydrogens is 270 g/mol. The molecule has 0 aliphatic rings. The third-order valence-electron chi connectivity index (χ3n) is 3.41. The molecule has 6 nitrogen and oxygen atoms in total. The zero-order valence-electron chi connectivity index (χ0n) is 13.8. The maximum atomic E-state index is 5.47. The lowest BCUT2D eigenvalue weighted by atomic mass is 10.2. The van der Waals surface area contributed by atoms with Crippen molar-refractivity contribution in [2.75, 3.05) is 47.2 Å². The van der Waals surface area contributed by atoms with E-state index in [1.54, 1.807) is 14.2 Å². The Bertz CT molecular complexity index is 394. The Labute approximate surface area is 127 Å². The molecule has 0 radical (unpaired) electrons. The van der Waals surface area contributed by atoms with Crippen LogP contribution in [0.4, 0.5) is 0 Å². The van der Waals surface area contributed by atoms with E-state index in [1.165, 1.54) is 11.3 Å². The quantitative estimate of drug-likeness (QED) is 0.589. The molecule has 0 aliphatic carbocycles. The molecule has 0 spiro atoms.